The minimum Gasteiger partial charge on any atom is -0.453 e. The van der Waals surface area contributed by atoms with Gasteiger partial charge in [0.1, 0.15) is 11.0 Å². The van der Waals surface area contributed by atoms with Crippen molar-refractivity contribution >= 4 is 65.8 Å². The standard InChI is InChI=1S/C46H28N4O/c1-3-11-32(12-4-1)49-39-17-9-7-15-34(39)36-21-19-29(25-41(36)49)31-27-44-45(47-28-31)46-43(51-44)24-23-38(48-46)30-20-22-37-35-16-8-10-18-40(35)50(42(37)26-30)33-13-5-2-6-14-33/h1-28H. The summed E-state index contributed by atoms with van der Waals surface area (Å²) in [6.45, 7) is 0. The van der Waals surface area contributed by atoms with Crippen LogP contribution >= 0.6 is 0 Å². The molecule has 0 saturated heterocycles. The Balaban J connectivity index is 1.03. The summed E-state index contributed by atoms with van der Waals surface area (Å²) in [7, 11) is 0. The van der Waals surface area contributed by atoms with E-state index in [-0.39, 0.29) is 0 Å². The maximum Gasteiger partial charge on any atom is 0.156 e. The minimum atomic E-state index is 0.718. The molecular formula is C46H28N4O. The van der Waals surface area contributed by atoms with Crippen LogP contribution in [0.25, 0.3) is 99.6 Å². The van der Waals surface area contributed by atoms with Gasteiger partial charge < -0.3 is 13.6 Å². The summed E-state index contributed by atoms with van der Waals surface area (Å²) in [6, 6.07) is 57.7. The number of para-hydroxylation sites is 4. The van der Waals surface area contributed by atoms with Crippen LogP contribution in [0.15, 0.2) is 174 Å². The second-order valence-electron chi connectivity index (χ2n) is 13.1. The lowest BCUT2D eigenvalue weighted by molar-refractivity contribution is 0.667. The molecule has 0 radical (unpaired) electrons. The van der Waals surface area contributed by atoms with E-state index in [0.29, 0.717) is 0 Å². The van der Waals surface area contributed by atoms with Gasteiger partial charge in [-0.3, -0.25) is 0 Å². The molecule has 0 saturated carbocycles. The number of hydrogen-bond acceptors (Lipinski definition) is 3. The first-order chi connectivity index (χ1) is 25.3. The summed E-state index contributed by atoms with van der Waals surface area (Å²) < 4.78 is 11.1. The van der Waals surface area contributed by atoms with Crippen molar-refractivity contribution in [3.63, 3.8) is 0 Å². The molecule has 0 amide bonds. The third kappa shape index (κ3) is 4.22. The third-order valence-electron chi connectivity index (χ3n) is 10.2. The Morgan fingerprint density at radius 2 is 0.941 bits per heavy atom. The van der Waals surface area contributed by atoms with Crippen LogP contribution < -0.4 is 0 Å². The van der Waals surface area contributed by atoms with E-state index in [4.69, 9.17) is 14.4 Å². The Kier molecular flexibility index (Phi) is 5.89. The molecule has 11 rings (SSSR count). The van der Waals surface area contributed by atoms with Crippen LogP contribution in [-0.4, -0.2) is 19.1 Å². The highest BCUT2D eigenvalue weighted by molar-refractivity contribution is 6.11. The molecule has 0 aliphatic rings. The molecule has 0 atom stereocenters. The number of hydrogen-bond donors (Lipinski definition) is 0. The van der Waals surface area contributed by atoms with Gasteiger partial charge in [-0.1, -0.05) is 97.1 Å². The highest BCUT2D eigenvalue weighted by atomic mass is 16.3. The Labute approximate surface area is 292 Å². The molecule has 0 N–H and O–H groups in total. The molecule has 238 valence electrons. The maximum absolute atomic E-state index is 6.39. The molecule has 51 heavy (non-hydrogen) atoms. The second-order valence-corrected chi connectivity index (χ2v) is 13.1. The van der Waals surface area contributed by atoms with Crippen molar-refractivity contribution in [3.05, 3.63) is 170 Å². The Morgan fingerprint density at radius 3 is 1.59 bits per heavy atom. The number of furan rings is 1. The maximum atomic E-state index is 6.39. The summed E-state index contributed by atoms with van der Waals surface area (Å²) >= 11 is 0. The first kappa shape index (κ1) is 27.9. The topological polar surface area (TPSA) is 48.8 Å². The van der Waals surface area contributed by atoms with Crippen molar-refractivity contribution in [2.45, 2.75) is 0 Å². The molecule has 0 aliphatic carbocycles. The fourth-order valence-corrected chi connectivity index (χ4v) is 7.83. The Hall–Kier alpha value is -6.98. The number of fused-ring (bicyclic) bond motifs is 9. The molecule has 0 unspecified atom stereocenters. The molecule has 11 aromatic rings. The number of pyridine rings is 2. The molecule has 0 fully saturated rings. The predicted molar refractivity (Wildman–Crippen MR) is 209 cm³/mol. The van der Waals surface area contributed by atoms with E-state index in [1.54, 1.807) is 0 Å². The third-order valence-corrected chi connectivity index (χ3v) is 10.2. The Bertz CT molecular complexity index is 3130. The zero-order valence-corrected chi connectivity index (χ0v) is 27.4. The van der Waals surface area contributed by atoms with Crippen molar-refractivity contribution in [1.29, 1.82) is 0 Å². The monoisotopic (exact) mass is 652 g/mol. The molecular weight excluding hydrogens is 625 g/mol. The quantitative estimate of drug-likeness (QED) is 0.190. The van der Waals surface area contributed by atoms with E-state index in [0.717, 1.165) is 67.0 Å². The zero-order chi connectivity index (χ0) is 33.5. The van der Waals surface area contributed by atoms with E-state index in [9.17, 15) is 0 Å². The van der Waals surface area contributed by atoms with Crippen LogP contribution in [0.5, 0.6) is 0 Å². The SMILES string of the molecule is c1ccc(-n2c3ccccc3c3ccc(-c4cnc5c(c4)oc4ccc(-c6ccc7c8ccccc8n(-c8ccccc8)c7c6)nc45)cc32)cc1. The second kappa shape index (κ2) is 10.8. The van der Waals surface area contributed by atoms with Crippen molar-refractivity contribution in [2.24, 2.45) is 0 Å². The van der Waals surface area contributed by atoms with Gasteiger partial charge in [-0.25, -0.2) is 9.97 Å². The van der Waals surface area contributed by atoms with Crippen LogP contribution in [0.2, 0.25) is 0 Å². The molecule has 5 heteroatoms. The molecule has 6 aromatic carbocycles. The van der Waals surface area contributed by atoms with Gasteiger partial charge in [0.15, 0.2) is 11.2 Å². The summed E-state index contributed by atoms with van der Waals surface area (Å²) in [5.74, 6) is 0. The number of rotatable bonds is 4. The van der Waals surface area contributed by atoms with Crippen LogP contribution in [0.3, 0.4) is 0 Å². The smallest absolute Gasteiger partial charge is 0.156 e. The van der Waals surface area contributed by atoms with Crippen LogP contribution in [0.4, 0.5) is 0 Å². The van der Waals surface area contributed by atoms with Gasteiger partial charge in [-0.15, -0.1) is 0 Å². The largest absolute Gasteiger partial charge is 0.453 e. The normalized spacial score (nSPS) is 11.9. The lowest BCUT2D eigenvalue weighted by Gasteiger charge is -2.09. The lowest BCUT2D eigenvalue weighted by Crippen LogP contribution is -1.93. The van der Waals surface area contributed by atoms with E-state index < -0.39 is 0 Å². The fraction of sp³-hybridized carbons (Fsp3) is 0. The van der Waals surface area contributed by atoms with Gasteiger partial charge in [-0.05, 0) is 72.3 Å². The van der Waals surface area contributed by atoms with Gasteiger partial charge in [0.05, 0.1) is 27.8 Å². The highest BCUT2D eigenvalue weighted by Crippen LogP contribution is 2.38. The van der Waals surface area contributed by atoms with Crippen molar-refractivity contribution in [3.8, 4) is 33.8 Å². The average molecular weight is 653 g/mol. The van der Waals surface area contributed by atoms with Crippen LogP contribution in [-0.2, 0) is 0 Å². The van der Waals surface area contributed by atoms with E-state index in [1.807, 2.05) is 18.3 Å². The average Bonchev–Trinajstić information content (AvgIpc) is 3.85. The summed E-state index contributed by atoms with van der Waals surface area (Å²) in [5, 5.41) is 4.89. The summed E-state index contributed by atoms with van der Waals surface area (Å²) in [4.78, 5) is 10.1. The Morgan fingerprint density at radius 1 is 0.392 bits per heavy atom. The van der Waals surface area contributed by atoms with Crippen LogP contribution in [0.1, 0.15) is 0 Å². The zero-order valence-electron chi connectivity index (χ0n) is 27.4. The van der Waals surface area contributed by atoms with Gasteiger partial charge in [0, 0.05) is 50.2 Å². The van der Waals surface area contributed by atoms with Crippen LogP contribution in [0, 0.1) is 0 Å². The van der Waals surface area contributed by atoms with Crippen molar-refractivity contribution in [2.75, 3.05) is 0 Å². The summed E-state index contributed by atoms with van der Waals surface area (Å²) in [5.41, 5.74) is 13.9. The van der Waals surface area contributed by atoms with E-state index >= 15 is 0 Å². The van der Waals surface area contributed by atoms with Crippen molar-refractivity contribution < 1.29 is 4.42 Å². The van der Waals surface area contributed by atoms with Crippen molar-refractivity contribution in [1.82, 2.24) is 19.1 Å². The van der Waals surface area contributed by atoms with Gasteiger partial charge >= 0.3 is 0 Å². The lowest BCUT2D eigenvalue weighted by atomic mass is 10.0. The molecule has 5 heterocycles. The van der Waals surface area contributed by atoms with Gasteiger partial charge in [-0.2, -0.15) is 0 Å². The van der Waals surface area contributed by atoms with Gasteiger partial charge in [0.25, 0.3) is 0 Å². The minimum absolute atomic E-state index is 0.718. The molecule has 0 aliphatic heterocycles. The highest BCUT2D eigenvalue weighted by Gasteiger charge is 2.17. The number of aromatic nitrogens is 4. The first-order valence-electron chi connectivity index (χ1n) is 17.2. The molecule has 5 aromatic heterocycles. The summed E-state index contributed by atoms with van der Waals surface area (Å²) in [6.07, 6.45) is 1.94. The van der Waals surface area contributed by atoms with E-state index in [2.05, 4.69) is 161 Å². The fourth-order valence-electron chi connectivity index (χ4n) is 7.83. The first-order valence-corrected chi connectivity index (χ1v) is 17.2. The molecule has 0 spiro atoms. The molecule has 0 bridgehead atoms. The van der Waals surface area contributed by atoms with Gasteiger partial charge in [0.2, 0.25) is 0 Å². The molecule has 5 nitrogen and oxygen atoms in total. The van der Waals surface area contributed by atoms with E-state index in [1.165, 1.54) is 32.6 Å². The number of nitrogens with zero attached hydrogens (tertiary/aromatic N) is 4. The number of benzene rings is 6. The predicted octanol–water partition coefficient (Wildman–Crippen LogP) is 11.9.